The Labute approximate surface area is 148 Å². The molecule has 2 heterocycles. The van der Waals surface area contributed by atoms with Gasteiger partial charge >= 0.3 is 0 Å². The van der Waals surface area contributed by atoms with E-state index in [1.165, 1.54) is 0 Å². The van der Waals surface area contributed by atoms with E-state index < -0.39 is 0 Å². The van der Waals surface area contributed by atoms with Gasteiger partial charge in [-0.1, -0.05) is 0 Å². The van der Waals surface area contributed by atoms with E-state index >= 15 is 0 Å². The van der Waals surface area contributed by atoms with Crippen molar-refractivity contribution in [2.24, 2.45) is 4.99 Å². The molecule has 1 fully saturated rings. The highest BCUT2D eigenvalue weighted by Crippen LogP contribution is 2.08. The smallest absolute Gasteiger partial charge is 0.194 e. The summed E-state index contributed by atoms with van der Waals surface area (Å²) in [6.07, 6.45) is 1.93. The molecule has 126 valence electrons. The number of aromatic amines is 1. The van der Waals surface area contributed by atoms with E-state index in [0.29, 0.717) is 19.8 Å². The Bertz CT molecular complexity index is 464. The summed E-state index contributed by atoms with van der Waals surface area (Å²) in [6, 6.07) is 0. The third-order valence-corrected chi connectivity index (χ3v) is 3.46. The number of nitrogens with one attached hydrogen (secondary N) is 2. The van der Waals surface area contributed by atoms with Crippen molar-refractivity contribution in [2.45, 2.75) is 26.5 Å². The predicted molar refractivity (Wildman–Crippen MR) is 96.7 cm³/mol. The minimum Gasteiger partial charge on any atom is -0.382 e. The predicted octanol–water partition coefficient (Wildman–Crippen LogP) is 1.15. The summed E-state index contributed by atoms with van der Waals surface area (Å²) in [7, 11) is 1.70. The van der Waals surface area contributed by atoms with E-state index in [9.17, 15) is 0 Å². The van der Waals surface area contributed by atoms with Crippen LogP contribution in [0.25, 0.3) is 0 Å². The molecule has 2 rings (SSSR count). The van der Waals surface area contributed by atoms with Crippen LogP contribution in [0.15, 0.2) is 11.2 Å². The van der Waals surface area contributed by atoms with Crippen LogP contribution in [0.5, 0.6) is 0 Å². The molecule has 1 aliphatic rings. The van der Waals surface area contributed by atoms with Crippen LogP contribution in [0.2, 0.25) is 0 Å². The first-order chi connectivity index (χ1) is 10.2. The van der Waals surface area contributed by atoms with Gasteiger partial charge in [0.25, 0.3) is 0 Å². The van der Waals surface area contributed by atoms with Crippen molar-refractivity contribution in [1.82, 2.24) is 20.4 Å². The summed E-state index contributed by atoms with van der Waals surface area (Å²) in [6.45, 7) is 8.49. The topological polar surface area (TPSA) is 74.8 Å². The monoisotopic (exact) mass is 423 g/mol. The highest BCUT2D eigenvalue weighted by molar-refractivity contribution is 14.0. The Morgan fingerprint density at radius 3 is 3.09 bits per heavy atom. The lowest BCUT2D eigenvalue weighted by atomic mass is 10.2. The van der Waals surface area contributed by atoms with E-state index in [1.54, 1.807) is 7.11 Å². The zero-order valence-electron chi connectivity index (χ0n) is 13.5. The first kappa shape index (κ1) is 19.2. The maximum Gasteiger partial charge on any atom is 0.194 e. The van der Waals surface area contributed by atoms with Gasteiger partial charge in [0, 0.05) is 38.0 Å². The number of guanidine groups is 1. The van der Waals surface area contributed by atoms with E-state index in [4.69, 9.17) is 14.5 Å². The second-order valence-corrected chi connectivity index (χ2v) is 5.08. The number of methoxy groups -OCH3 is 1. The second-order valence-electron chi connectivity index (χ2n) is 5.08. The number of ether oxygens (including phenoxy) is 2. The van der Waals surface area contributed by atoms with E-state index in [2.05, 4.69) is 27.3 Å². The van der Waals surface area contributed by atoms with Crippen LogP contribution in [0.3, 0.4) is 0 Å². The van der Waals surface area contributed by atoms with Crippen LogP contribution in [-0.2, 0) is 16.0 Å². The fourth-order valence-electron chi connectivity index (χ4n) is 2.32. The molecule has 8 heteroatoms. The van der Waals surface area contributed by atoms with Gasteiger partial charge in [0.1, 0.15) is 0 Å². The molecule has 7 nitrogen and oxygen atoms in total. The fraction of sp³-hybridized carbons (Fsp3) is 0.714. The maximum absolute atomic E-state index is 5.68. The van der Waals surface area contributed by atoms with Crippen LogP contribution < -0.4 is 5.32 Å². The molecule has 1 aromatic heterocycles. The molecule has 2 N–H and O–H groups in total. The molecule has 1 aromatic rings. The molecule has 0 amide bonds. The number of H-pyrrole nitrogens is 1. The van der Waals surface area contributed by atoms with Crippen LogP contribution in [0.1, 0.15) is 18.2 Å². The van der Waals surface area contributed by atoms with Crippen LogP contribution in [0.4, 0.5) is 0 Å². The average molecular weight is 423 g/mol. The lowest BCUT2D eigenvalue weighted by Crippen LogP contribution is -2.51. The zero-order valence-corrected chi connectivity index (χ0v) is 15.8. The lowest BCUT2D eigenvalue weighted by Gasteiger charge is -2.34. The maximum atomic E-state index is 5.68. The fourth-order valence-corrected chi connectivity index (χ4v) is 2.32. The number of morpholine rings is 1. The third-order valence-electron chi connectivity index (χ3n) is 3.46. The summed E-state index contributed by atoms with van der Waals surface area (Å²) in [5.74, 6) is 0.919. The van der Waals surface area contributed by atoms with Gasteiger partial charge in [-0.25, -0.2) is 4.99 Å². The Morgan fingerprint density at radius 2 is 2.45 bits per heavy atom. The van der Waals surface area contributed by atoms with Crippen LogP contribution >= 0.6 is 24.0 Å². The number of nitrogens with zero attached hydrogens (tertiary/aromatic N) is 3. The van der Waals surface area contributed by atoms with Crippen molar-refractivity contribution in [1.29, 1.82) is 0 Å². The van der Waals surface area contributed by atoms with Gasteiger partial charge in [0.2, 0.25) is 0 Å². The molecule has 1 aliphatic heterocycles. The molecule has 0 bridgehead atoms. The largest absolute Gasteiger partial charge is 0.382 e. The standard InChI is InChI=1S/C14H25N5O2.HI/c1-4-15-14(16-7-12-8-17-18-11(12)2)19-5-6-21-13(9-19)10-20-3;/h8,13H,4-7,9-10H2,1-3H3,(H,15,16)(H,17,18);1H. The molecule has 0 spiro atoms. The second kappa shape index (κ2) is 10.0. The van der Waals surface area contributed by atoms with Crippen molar-refractivity contribution < 1.29 is 9.47 Å². The molecule has 1 unspecified atom stereocenters. The molecule has 22 heavy (non-hydrogen) atoms. The van der Waals surface area contributed by atoms with Gasteiger partial charge in [-0.05, 0) is 13.8 Å². The average Bonchev–Trinajstić information content (AvgIpc) is 2.89. The van der Waals surface area contributed by atoms with Crippen LogP contribution in [-0.4, -0.2) is 67.1 Å². The molecule has 1 saturated heterocycles. The van der Waals surface area contributed by atoms with Gasteiger partial charge in [-0.3, -0.25) is 5.10 Å². The number of halogens is 1. The van der Waals surface area contributed by atoms with Crippen molar-refractivity contribution in [3.05, 3.63) is 17.5 Å². The van der Waals surface area contributed by atoms with Gasteiger partial charge in [0.05, 0.1) is 32.1 Å². The number of hydrogen-bond donors (Lipinski definition) is 2. The molecule has 1 atom stereocenters. The van der Waals surface area contributed by atoms with E-state index in [1.807, 2.05) is 13.1 Å². The number of aromatic nitrogens is 2. The molecule has 0 aliphatic carbocycles. The van der Waals surface area contributed by atoms with E-state index in [-0.39, 0.29) is 30.1 Å². The first-order valence-electron chi connectivity index (χ1n) is 7.37. The Hall–Kier alpha value is -0.870. The molecule has 0 aromatic carbocycles. The number of hydrogen-bond acceptors (Lipinski definition) is 4. The molecular weight excluding hydrogens is 397 g/mol. The summed E-state index contributed by atoms with van der Waals surface area (Å²) >= 11 is 0. The number of aryl methyl sites for hydroxylation is 1. The number of rotatable bonds is 5. The Morgan fingerprint density at radius 1 is 1.64 bits per heavy atom. The quantitative estimate of drug-likeness (QED) is 0.422. The normalized spacial score (nSPS) is 19.0. The summed E-state index contributed by atoms with van der Waals surface area (Å²) < 4.78 is 10.9. The first-order valence-corrected chi connectivity index (χ1v) is 7.37. The Kier molecular flexibility index (Phi) is 8.72. The highest BCUT2D eigenvalue weighted by Gasteiger charge is 2.22. The SMILES string of the molecule is CCNC(=NCc1cn[nH]c1C)N1CCOC(COC)C1.I. The van der Waals surface area contributed by atoms with Crippen LogP contribution in [0, 0.1) is 6.92 Å². The minimum atomic E-state index is 0. The van der Waals surface area contributed by atoms with Gasteiger partial charge < -0.3 is 19.7 Å². The highest BCUT2D eigenvalue weighted by atomic mass is 127. The summed E-state index contributed by atoms with van der Waals surface area (Å²) in [5, 5.41) is 10.3. The van der Waals surface area contributed by atoms with Crippen molar-refractivity contribution in [2.75, 3.05) is 40.0 Å². The number of aliphatic imine (C=N–C) groups is 1. The van der Waals surface area contributed by atoms with Gasteiger partial charge in [-0.15, -0.1) is 24.0 Å². The van der Waals surface area contributed by atoms with Crippen molar-refractivity contribution in [3.8, 4) is 0 Å². The molecule has 0 radical (unpaired) electrons. The van der Waals surface area contributed by atoms with E-state index in [0.717, 1.165) is 36.9 Å². The summed E-state index contributed by atoms with van der Waals surface area (Å²) in [4.78, 5) is 6.94. The van der Waals surface area contributed by atoms with Gasteiger partial charge in [0.15, 0.2) is 5.96 Å². The minimum absolute atomic E-state index is 0. The lowest BCUT2D eigenvalue weighted by molar-refractivity contribution is -0.0447. The molecular formula is C14H26IN5O2. The zero-order chi connectivity index (χ0) is 15.1. The van der Waals surface area contributed by atoms with Gasteiger partial charge in [-0.2, -0.15) is 5.10 Å². The Balaban J connectivity index is 0.00000242. The molecule has 0 saturated carbocycles. The summed E-state index contributed by atoms with van der Waals surface area (Å²) in [5.41, 5.74) is 2.18. The third kappa shape index (κ3) is 5.40. The van der Waals surface area contributed by atoms with Crippen molar-refractivity contribution in [3.63, 3.8) is 0 Å². The van der Waals surface area contributed by atoms with Crippen molar-refractivity contribution >= 4 is 29.9 Å².